The maximum Gasteiger partial charge on any atom is 0.271 e. The van der Waals surface area contributed by atoms with Gasteiger partial charge in [0, 0.05) is 30.2 Å². The number of likely N-dealkylation sites (N-methyl/N-ethyl adjacent to an activating group) is 1. The van der Waals surface area contributed by atoms with Crippen molar-refractivity contribution in [3.05, 3.63) is 32.8 Å². The Kier molecular flexibility index (Phi) is 5.37. The first-order valence-corrected chi connectivity index (χ1v) is 9.19. The Bertz CT molecular complexity index is 737. The minimum absolute atomic E-state index is 0.200. The van der Waals surface area contributed by atoms with Gasteiger partial charge in [0.05, 0.1) is 9.82 Å². The van der Waals surface area contributed by atoms with Crippen molar-refractivity contribution >= 4 is 37.5 Å². The lowest BCUT2D eigenvalue weighted by Gasteiger charge is -2.33. The topological polar surface area (TPSA) is 110 Å². The second-order valence-electron chi connectivity index (χ2n) is 5.14. The van der Waals surface area contributed by atoms with Gasteiger partial charge in [-0.25, -0.2) is 8.42 Å². The molecule has 1 atom stereocenters. The SMILES string of the molecule is CNC(=O)C1CCCCN1S(=O)(=O)c1cc(Br)cc([N+](=O)[O-])c1. The summed E-state index contributed by atoms with van der Waals surface area (Å²) in [6.07, 6.45) is 1.82. The molecule has 1 aromatic rings. The van der Waals surface area contributed by atoms with Crippen molar-refractivity contribution in [2.45, 2.75) is 30.2 Å². The quantitative estimate of drug-likeness (QED) is 0.604. The summed E-state index contributed by atoms with van der Waals surface area (Å²) < 4.78 is 27.1. The molecule has 1 N–H and O–H groups in total. The fourth-order valence-electron chi connectivity index (χ4n) is 2.56. The van der Waals surface area contributed by atoms with E-state index in [0.29, 0.717) is 17.3 Å². The Balaban J connectivity index is 2.48. The summed E-state index contributed by atoms with van der Waals surface area (Å²) in [4.78, 5) is 22.0. The summed E-state index contributed by atoms with van der Waals surface area (Å²) in [5.74, 6) is -0.377. The number of benzene rings is 1. The number of nitrogens with zero attached hydrogens (tertiary/aromatic N) is 2. The Labute approximate surface area is 142 Å². The normalized spacial score (nSPS) is 19.3. The molecule has 23 heavy (non-hydrogen) atoms. The Morgan fingerprint density at radius 1 is 1.39 bits per heavy atom. The monoisotopic (exact) mass is 405 g/mol. The average molecular weight is 406 g/mol. The molecule has 10 heteroatoms. The van der Waals surface area contributed by atoms with Crippen LogP contribution in [0.5, 0.6) is 0 Å². The number of halogens is 1. The molecule has 1 unspecified atom stereocenters. The van der Waals surface area contributed by atoms with E-state index < -0.39 is 21.0 Å². The fraction of sp³-hybridized carbons (Fsp3) is 0.462. The zero-order chi connectivity index (χ0) is 17.2. The first-order valence-electron chi connectivity index (χ1n) is 6.96. The van der Waals surface area contributed by atoms with Gasteiger partial charge in [0.1, 0.15) is 6.04 Å². The van der Waals surface area contributed by atoms with Crippen LogP contribution in [0.2, 0.25) is 0 Å². The van der Waals surface area contributed by atoms with Crippen LogP contribution in [0.1, 0.15) is 19.3 Å². The summed E-state index contributed by atoms with van der Waals surface area (Å²) in [7, 11) is -2.56. The van der Waals surface area contributed by atoms with E-state index in [1.165, 1.54) is 19.2 Å². The number of amides is 1. The Hall–Kier alpha value is -1.52. The van der Waals surface area contributed by atoms with E-state index in [4.69, 9.17) is 0 Å². The van der Waals surface area contributed by atoms with E-state index in [1.54, 1.807) is 0 Å². The van der Waals surface area contributed by atoms with Crippen LogP contribution in [0.15, 0.2) is 27.6 Å². The zero-order valence-electron chi connectivity index (χ0n) is 12.4. The van der Waals surface area contributed by atoms with Crippen molar-refractivity contribution in [2.75, 3.05) is 13.6 Å². The maximum atomic E-state index is 12.8. The number of sulfonamides is 1. The van der Waals surface area contributed by atoms with Gasteiger partial charge in [-0.3, -0.25) is 14.9 Å². The highest BCUT2D eigenvalue weighted by Crippen LogP contribution is 2.30. The third-order valence-electron chi connectivity index (χ3n) is 3.68. The van der Waals surface area contributed by atoms with Gasteiger partial charge < -0.3 is 5.32 Å². The highest BCUT2D eigenvalue weighted by molar-refractivity contribution is 9.10. The van der Waals surface area contributed by atoms with Crippen LogP contribution in [0.3, 0.4) is 0 Å². The van der Waals surface area contributed by atoms with Gasteiger partial charge in [-0.15, -0.1) is 0 Å². The molecule has 1 heterocycles. The lowest BCUT2D eigenvalue weighted by Crippen LogP contribution is -2.51. The smallest absolute Gasteiger partial charge is 0.271 e. The molecule has 0 radical (unpaired) electrons. The molecule has 1 fully saturated rings. The summed E-state index contributed by atoms with van der Waals surface area (Å²) in [6.45, 7) is 0.209. The van der Waals surface area contributed by atoms with E-state index in [9.17, 15) is 23.3 Å². The summed E-state index contributed by atoms with van der Waals surface area (Å²) in [5, 5.41) is 13.4. The minimum atomic E-state index is -4.01. The first kappa shape index (κ1) is 17.8. The second-order valence-corrected chi connectivity index (χ2v) is 7.95. The molecule has 126 valence electrons. The molecule has 1 aliphatic heterocycles. The maximum absolute atomic E-state index is 12.8. The largest absolute Gasteiger partial charge is 0.358 e. The van der Waals surface area contributed by atoms with Gasteiger partial charge >= 0.3 is 0 Å². The van der Waals surface area contributed by atoms with E-state index in [2.05, 4.69) is 21.2 Å². The molecule has 0 spiro atoms. The van der Waals surface area contributed by atoms with E-state index in [1.807, 2.05) is 0 Å². The number of rotatable bonds is 4. The van der Waals surface area contributed by atoms with Gasteiger partial charge in [0.2, 0.25) is 15.9 Å². The van der Waals surface area contributed by atoms with Gasteiger partial charge in [-0.1, -0.05) is 22.4 Å². The summed E-state index contributed by atoms with van der Waals surface area (Å²) >= 11 is 3.09. The Morgan fingerprint density at radius 3 is 2.70 bits per heavy atom. The number of carbonyl (C=O) groups is 1. The minimum Gasteiger partial charge on any atom is -0.358 e. The number of nitro groups is 1. The number of hydrogen-bond acceptors (Lipinski definition) is 5. The van der Waals surface area contributed by atoms with Gasteiger partial charge in [-0.05, 0) is 18.9 Å². The van der Waals surface area contributed by atoms with Crippen LogP contribution in [-0.4, -0.2) is 43.2 Å². The molecular formula is C13H16BrN3O5S. The third-order valence-corrected chi connectivity index (χ3v) is 6.02. The van der Waals surface area contributed by atoms with Crippen molar-refractivity contribution in [2.24, 2.45) is 0 Å². The highest BCUT2D eigenvalue weighted by Gasteiger charge is 2.37. The summed E-state index contributed by atoms with van der Waals surface area (Å²) in [6, 6.07) is 2.75. The van der Waals surface area contributed by atoms with Crippen molar-refractivity contribution in [3.8, 4) is 0 Å². The van der Waals surface area contributed by atoms with Crippen molar-refractivity contribution in [3.63, 3.8) is 0 Å². The predicted octanol–water partition coefficient (Wildman–Crippen LogP) is 1.65. The number of carbonyl (C=O) groups excluding carboxylic acids is 1. The van der Waals surface area contributed by atoms with Gasteiger partial charge in [0.25, 0.3) is 5.69 Å². The highest BCUT2D eigenvalue weighted by atomic mass is 79.9. The van der Waals surface area contributed by atoms with Crippen LogP contribution in [0.4, 0.5) is 5.69 Å². The van der Waals surface area contributed by atoms with E-state index in [0.717, 1.165) is 16.8 Å². The molecular weight excluding hydrogens is 390 g/mol. The van der Waals surface area contributed by atoms with Crippen molar-refractivity contribution in [1.82, 2.24) is 9.62 Å². The molecule has 0 bridgehead atoms. The fourth-order valence-corrected chi connectivity index (χ4v) is 4.91. The third kappa shape index (κ3) is 3.70. The van der Waals surface area contributed by atoms with Crippen LogP contribution in [0, 0.1) is 10.1 Å². The number of nitrogens with one attached hydrogen (secondary N) is 1. The Morgan fingerprint density at radius 2 is 2.09 bits per heavy atom. The second kappa shape index (κ2) is 6.93. The lowest BCUT2D eigenvalue weighted by molar-refractivity contribution is -0.385. The van der Waals surface area contributed by atoms with Crippen molar-refractivity contribution in [1.29, 1.82) is 0 Å². The number of non-ortho nitro benzene ring substituents is 1. The zero-order valence-corrected chi connectivity index (χ0v) is 14.8. The van der Waals surface area contributed by atoms with Crippen molar-refractivity contribution < 1.29 is 18.1 Å². The molecule has 0 saturated carbocycles. The first-order chi connectivity index (χ1) is 10.8. The number of piperidine rings is 1. The van der Waals surface area contributed by atoms with Crippen LogP contribution in [-0.2, 0) is 14.8 Å². The molecule has 1 amide bonds. The number of nitro benzene ring substituents is 1. The standard InChI is InChI=1S/C13H16BrN3O5S/c1-15-13(18)12-4-2-3-5-16(12)23(21,22)11-7-9(14)6-10(8-11)17(19)20/h6-8,12H,2-5H2,1H3,(H,15,18). The molecule has 0 aliphatic carbocycles. The molecule has 8 nitrogen and oxygen atoms in total. The number of hydrogen-bond donors (Lipinski definition) is 1. The molecule has 1 aromatic carbocycles. The van der Waals surface area contributed by atoms with Crippen LogP contribution >= 0.6 is 15.9 Å². The van der Waals surface area contributed by atoms with E-state index >= 15 is 0 Å². The van der Waals surface area contributed by atoms with E-state index in [-0.39, 0.29) is 23.0 Å². The molecule has 1 saturated heterocycles. The molecule has 0 aromatic heterocycles. The van der Waals surface area contributed by atoms with Gasteiger partial charge in [-0.2, -0.15) is 4.31 Å². The van der Waals surface area contributed by atoms with Crippen LogP contribution < -0.4 is 5.32 Å². The van der Waals surface area contributed by atoms with Gasteiger partial charge in [0.15, 0.2) is 0 Å². The molecule has 2 rings (SSSR count). The predicted molar refractivity (Wildman–Crippen MR) is 86.4 cm³/mol. The average Bonchev–Trinajstić information content (AvgIpc) is 2.53. The summed E-state index contributed by atoms with van der Waals surface area (Å²) in [5.41, 5.74) is -0.327. The lowest BCUT2D eigenvalue weighted by atomic mass is 10.0. The van der Waals surface area contributed by atoms with Crippen LogP contribution in [0.25, 0.3) is 0 Å². The molecule has 1 aliphatic rings.